The molecule has 0 aliphatic carbocycles. The van der Waals surface area contributed by atoms with Gasteiger partial charge in [-0.1, -0.05) is 18.2 Å². The molecule has 102 valence electrons. The van der Waals surface area contributed by atoms with Crippen molar-refractivity contribution in [2.75, 3.05) is 0 Å². The van der Waals surface area contributed by atoms with Crippen molar-refractivity contribution < 1.29 is 4.79 Å². The molecule has 0 spiro atoms. The highest BCUT2D eigenvalue weighted by atomic mass is 32.1. The molecule has 0 bridgehead atoms. The van der Waals surface area contributed by atoms with Crippen LogP contribution in [0.2, 0.25) is 0 Å². The topological polar surface area (TPSA) is 34.0 Å². The zero-order valence-electron chi connectivity index (χ0n) is 11.5. The number of aromatic nitrogens is 1. The van der Waals surface area contributed by atoms with Gasteiger partial charge in [0.05, 0.1) is 10.4 Å². The van der Waals surface area contributed by atoms with Crippen LogP contribution in [-0.4, -0.2) is 16.5 Å². The highest BCUT2D eigenvalue weighted by Gasteiger charge is 2.11. The lowest BCUT2D eigenvalue weighted by atomic mass is 10.2. The van der Waals surface area contributed by atoms with Gasteiger partial charge < -0.3 is 9.88 Å². The minimum atomic E-state index is -0.00675. The first kappa shape index (κ1) is 12.9. The number of rotatable bonds is 3. The number of thiophene rings is 1. The van der Waals surface area contributed by atoms with Crippen LogP contribution in [-0.2, 0) is 0 Å². The summed E-state index contributed by atoms with van der Waals surface area (Å²) in [6.07, 6.45) is 2.04. The van der Waals surface area contributed by atoms with Crippen molar-refractivity contribution in [3.63, 3.8) is 0 Å². The van der Waals surface area contributed by atoms with Crippen molar-refractivity contribution in [1.82, 2.24) is 9.88 Å². The van der Waals surface area contributed by atoms with E-state index in [4.69, 9.17) is 0 Å². The molecular formula is C16H16N2OS. The lowest BCUT2D eigenvalue weighted by molar-refractivity contribution is 0.0947. The Morgan fingerprint density at radius 2 is 1.95 bits per heavy atom. The van der Waals surface area contributed by atoms with E-state index >= 15 is 0 Å². The number of nitrogens with one attached hydrogen (secondary N) is 1. The predicted molar refractivity (Wildman–Crippen MR) is 83.8 cm³/mol. The third-order valence-corrected chi connectivity index (χ3v) is 4.16. The third kappa shape index (κ3) is 2.34. The molecule has 3 aromatic rings. The quantitative estimate of drug-likeness (QED) is 0.779. The number of para-hydroxylation sites is 1. The Balaban J connectivity index is 1.96. The lowest BCUT2D eigenvalue weighted by Gasteiger charge is -2.06. The normalized spacial score (nSPS) is 11.2. The van der Waals surface area contributed by atoms with Gasteiger partial charge in [0.15, 0.2) is 0 Å². The minimum Gasteiger partial charge on any atom is -0.349 e. The maximum absolute atomic E-state index is 12.0. The van der Waals surface area contributed by atoms with Crippen LogP contribution in [0.15, 0.2) is 48.7 Å². The SMILES string of the molecule is CC(C)NC(=O)c1ccc(-n2ccc3ccccc32)s1. The van der Waals surface area contributed by atoms with Gasteiger partial charge in [-0.3, -0.25) is 4.79 Å². The molecule has 0 atom stereocenters. The molecule has 2 heterocycles. The fourth-order valence-corrected chi connectivity index (χ4v) is 3.09. The molecule has 20 heavy (non-hydrogen) atoms. The van der Waals surface area contributed by atoms with Crippen LogP contribution in [0.4, 0.5) is 0 Å². The number of carbonyl (C=O) groups excluding carboxylic acids is 1. The summed E-state index contributed by atoms with van der Waals surface area (Å²) >= 11 is 1.51. The first-order chi connectivity index (χ1) is 9.65. The van der Waals surface area contributed by atoms with Crippen molar-refractivity contribution >= 4 is 28.1 Å². The highest BCUT2D eigenvalue weighted by Crippen LogP contribution is 2.26. The van der Waals surface area contributed by atoms with Crippen molar-refractivity contribution in [1.29, 1.82) is 0 Å². The standard InChI is InChI=1S/C16H16N2OS/c1-11(2)17-16(19)14-7-8-15(20-14)18-10-9-12-5-3-4-6-13(12)18/h3-11H,1-2H3,(H,17,19). The molecule has 3 rings (SSSR count). The number of hydrogen-bond acceptors (Lipinski definition) is 2. The predicted octanol–water partition coefficient (Wildman–Crippen LogP) is 3.83. The molecule has 1 amide bonds. The summed E-state index contributed by atoms with van der Waals surface area (Å²) in [5, 5.41) is 5.18. The molecule has 2 aromatic heterocycles. The average Bonchev–Trinajstić information content (AvgIpc) is 3.04. The first-order valence-corrected chi connectivity index (χ1v) is 7.44. The summed E-state index contributed by atoms with van der Waals surface area (Å²) in [5.41, 5.74) is 1.16. The first-order valence-electron chi connectivity index (χ1n) is 6.62. The fraction of sp³-hybridized carbons (Fsp3) is 0.188. The van der Waals surface area contributed by atoms with E-state index in [-0.39, 0.29) is 11.9 Å². The van der Waals surface area contributed by atoms with Gasteiger partial charge in [-0.2, -0.15) is 0 Å². The second-order valence-electron chi connectivity index (χ2n) is 5.01. The molecule has 1 N–H and O–H groups in total. The maximum atomic E-state index is 12.0. The van der Waals surface area contributed by atoms with Crippen molar-refractivity contribution in [2.24, 2.45) is 0 Å². The van der Waals surface area contributed by atoms with E-state index in [9.17, 15) is 4.79 Å². The summed E-state index contributed by atoms with van der Waals surface area (Å²) in [6, 6.07) is 14.3. The molecule has 3 nitrogen and oxygen atoms in total. The second kappa shape index (κ2) is 5.13. The highest BCUT2D eigenvalue weighted by molar-refractivity contribution is 7.16. The monoisotopic (exact) mass is 284 g/mol. The van der Waals surface area contributed by atoms with Crippen LogP contribution < -0.4 is 5.32 Å². The van der Waals surface area contributed by atoms with Crippen LogP contribution >= 0.6 is 11.3 Å². The second-order valence-corrected chi connectivity index (χ2v) is 6.07. The molecular weight excluding hydrogens is 268 g/mol. The number of carbonyl (C=O) groups is 1. The van der Waals surface area contributed by atoms with Crippen molar-refractivity contribution in [3.8, 4) is 5.00 Å². The van der Waals surface area contributed by atoms with Gasteiger partial charge >= 0.3 is 0 Å². The molecule has 0 unspecified atom stereocenters. The van der Waals surface area contributed by atoms with E-state index in [1.54, 1.807) is 0 Å². The Kier molecular flexibility index (Phi) is 3.32. The number of benzene rings is 1. The van der Waals surface area contributed by atoms with Gasteiger partial charge in [-0.05, 0) is 43.5 Å². The zero-order valence-corrected chi connectivity index (χ0v) is 12.3. The molecule has 4 heteroatoms. The van der Waals surface area contributed by atoms with Crippen LogP contribution in [0.5, 0.6) is 0 Å². The van der Waals surface area contributed by atoms with E-state index < -0.39 is 0 Å². The molecule has 0 aliphatic rings. The molecule has 0 radical (unpaired) electrons. The number of amides is 1. The van der Waals surface area contributed by atoms with E-state index in [0.717, 1.165) is 15.4 Å². The smallest absolute Gasteiger partial charge is 0.261 e. The van der Waals surface area contributed by atoms with E-state index in [0.29, 0.717) is 0 Å². The van der Waals surface area contributed by atoms with Gasteiger partial charge in [-0.15, -0.1) is 11.3 Å². The number of hydrogen-bond donors (Lipinski definition) is 1. The lowest BCUT2D eigenvalue weighted by Crippen LogP contribution is -2.29. The van der Waals surface area contributed by atoms with E-state index in [2.05, 4.69) is 28.1 Å². The molecule has 0 saturated heterocycles. The van der Waals surface area contributed by atoms with Crippen LogP contribution in [0.3, 0.4) is 0 Å². The third-order valence-electron chi connectivity index (χ3n) is 3.07. The largest absolute Gasteiger partial charge is 0.349 e. The summed E-state index contributed by atoms with van der Waals surface area (Å²) in [4.78, 5) is 12.7. The Hall–Kier alpha value is -2.07. The number of fused-ring (bicyclic) bond motifs is 1. The van der Waals surface area contributed by atoms with E-state index in [1.165, 1.54) is 16.7 Å². The van der Waals surface area contributed by atoms with Crippen LogP contribution in [0, 0.1) is 0 Å². The van der Waals surface area contributed by atoms with Crippen LogP contribution in [0.25, 0.3) is 15.9 Å². The van der Waals surface area contributed by atoms with Crippen molar-refractivity contribution in [2.45, 2.75) is 19.9 Å². The van der Waals surface area contributed by atoms with E-state index in [1.807, 2.05) is 44.3 Å². The average molecular weight is 284 g/mol. The van der Waals surface area contributed by atoms with Gasteiger partial charge in [0, 0.05) is 12.2 Å². The summed E-state index contributed by atoms with van der Waals surface area (Å²) in [7, 11) is 0. The maximum Gasteiger partial charge on any atom is 0.261 e. The summed E-state index contributed by atoms with van der Waals surface area (Å²) < 4.78 is 2.12. The Bertz CT molecular complexity index is 755. The zero-order chi connectivity index (χ0) is 14.1. The van der Waals surface area contributed by atoms with Crippen molar-refractivity contribution in [3.05, 3.63) is 53.5 Å². The summed E-state index contributed by atoms with van der Waals surface area (Å²) in [6.45, 7) is 3.93. The molecule has 0 fully saturated rings. The Morgan fingerprint density at radius 3 is 2.75 bits per heavy atom. The fourth-order valence-electron chi connectivity index (χ4n) is 2.19. The van der Waals surface area contributed by atoms with Gasteiger partial charge in [0.25, 0.3) is 5.91 Å². The minimum absolute atomic E-state index is 0.00675. The molecule has 0 aliphatic heterocycles. The van der Waals surface area contributed by atoms with Gasteiger partial charge in [0.1, 0.15) is 5.00 Å². The van der Waals surface area contributed by atoms with Gasteiger partial charge in [0.2, 0.25) is 0 Å². The van der Waals surface area contributed by atoms with Crippen LogP contribution in [0.1, 0.15) is 23.5 Å². The summed E-state index contributed by atoms with van der Waals surface area (Å²) in [5.74, 6) is -0.00675. The van der Waals surface area contributed by atoms with Gasteiger partial charge in [-0.25, -0.2) is 0 Å². The Labute approximate surface area is 121 Å². The number of nitrogens with zero attached hydrogens (tertiary/aromatic N) is 1. The molecule has 0 saturated carbocycles. The molecule has 1 aromatic carbocycles. The Morgan fingerprint density at radius 1 is 1.15 bits per heavy atom.